The molecule has 98 valence electrons. The largest absolute Gasteiger partial charge is 0.397 e. The predicted molar refractivity (Wildman–Crippen MR) is 68.8 cm³/mol. The molecule has 0 saturated carbocycles. The van der Waals surface area contributed by atoms with E-state index in [0.29, 0.717) is 38.0 Å². The fraction of sp³-hybridized carbons (Fsp3) is 0.538. The lowest BCUT2D eigenvalue weighted by Gasteiger charge is -2.35. The van der Waals surface area contributed by atoms with Crippen LogP contribution in [0.4, 0.5) is 5.69 Å². The summed E-state index contributed by atoms with van der Waals surface area (Å²) in [6, 6.07) is 3.52. The molecule has 0 aliphatic carbocycles. The fourth-order valence-electron chi connectivity index (χ4n) is 2.05. The van der Waals surface area contributed by atoms with Gasteiger partial charge in [0.15, 0.2) is 0 Å². The Morgan fingerprint density at radius 2 is 2.17 bits per heavy atom. The molecule has 0 unspecified atom stereocenters. The molecule has 0 bridgehead atoms. The van der Waals surface area contributed by atoms with Crippen molar-refractivity contribution < 1.29 is 9.90 Å². The number of nitrogens with zero attached hydrogens (tertiary/aromatic N) is 2. The molecule has 2 rings (SSSR count). The molecule has 18 heavy (non-hydrogen) atoms. The lowest BCUT2D eigenvalue weighted by Crippen LogP contribution is -2.45. The highest BCUT2D eigenvalue weighted by molar-refractivity contribution is 5.78. The van der Waals surface area contributed by atoms with Crippen LogP contribution in [-0.4, -0.2) is 39.6 Å². The number of rotatable bonds is 2. The number of hydrogen-bond acceptors (Lipinski definition) is 4. The van der Waals surface area contributed by atoms with E-state index in [9.17, 15) is 9.90 Å². The zero-order chi connectivity index (χ0) is 13.2. The van der Waals surface area contributed by atoms with E-state index in [-0.39, 0.29) is 5.91 Å². The molecule has 5 heteroatoms. The Morgan fingerprint density at radius 3 is 2.72 bits per heavy atom. The average molecular weight is 249 g/mol. The number of pyridine rings is 1. The van der Waals surface area contributed by atoms with Crippen molar-refractivity contribution >= 4 is 11.6 Å². The van der Waals surface area contributed by atoms with Crippen molar-refractivity contribution in [2.24, 2.45) is 0 Å². The number of anilines is 1. The second-order valence-corrected chi connectivity index (χ2v) is 5.14. The molecule has 1 amide bonds. The Morgan fingerprint density at radius 1 is 1.50 bits per heavy atom. The van der Waals surface area contributed by atoms with Gasteiger partial charge in [-0.3, -0.25) is 9.78 Å². The Bertz CT molecular complexity index is 418. The second kappa shape index (κ2) is 4.94. The summed E-state index contributed by atoms with van der Waals surface area (Å²) in [4.78, 5) is 17.9. The highest BCUT2D eigenvalue weighted by atomic mass is 16.3. The van der Waals surface area contributed by atoms with Crippen LogP contribution in [0.2, 0.25) is 0 Å². The smallest absolute Gasteiger partial charge is 0.228 e. The van der Waals surface area contributed by atoms with E-state index in [1.165, 1.54) is 0 Å². The lowest BCUT2D eigenvalue weighted by molar-refractivity contribution is -0.134. The molecule has 0 radical (unpaired) electrons. The van der Waals surface area contributed by atoms with Gasteiger partial charge in [0.25, 0.3) is 0 Å². The number of nitrogen functional groups attached to an aromatic ring is 1. The van der Waals surface area contributed by atoms with Gasteiger partial charge in [0.05, 0.1) is 23.9 Å². The number of piperidine rings is 1. The van der Waals surface area contributed by atoms with Gasteiger partial charge in [-0.2, -0.15) is 0 Å². The van der Waals surface area contributed by atoms with Crippen molar-refractivity contribution in [3.05, 3.63) is 24.0 Å². The maximum absolute atomic E-state index is 12.0. The molecule has 0 atom stereocenters. The third-order valence-corrected chi connectivity index (χ3v) is 3.37. The van der Waals surface area contributed by atoms with Crippen LogP contribution in [0.15, 0.2) is 18.3 Å². The molecule has 2 heterocycles. The Hall–Kier alpha value is -1.62. The van der Waals surface area contributed by atoms with Crippen LogP contribution in [0, 0.1) is 0 Å². The number of amides is 1. The van der Waals surface area contributed by atoms with Crippen LogP contribution in [0.3, 0.4) is 0 Å². The minimum absolute atomic E-state index is 0.0581. The maximum Gasteiger partial charge on any atom is 0.228 e. The van der Waals surface area contributed by atoms with Crippen molar-refractivity contribution in [2.75, 3.05) is 18.8 Å². The fourth-order valence-corrected chi connectivity index (χ4v) is 2.05. The first-order valence-corrected chi connectivity index (χ1v) is 6.17. The highest BCUT2D eigenvalue weighted by Gasteiger charge is 2.29. The first-order chi connectivity index (χ1) is 8.46. The molecule has 1 aromatic rings. The molecule has 0 aromatic carbocycles. The maximum atomic E-state index is 12.0. The number of carbonyl (C=O) groups is 1. The van der Waals surface area contributed by atoms with Gasteiger partial charge in [-0.05, 0) is 31.9 Å². The summed E-state index contributed by atoms with van der Waals surface area (Å²) in [7, 11) is 0. The third kappa shape index (κ3) is 3.20. The number of carbonyl (C=O) groups excluding carboxylic acids is 1. The van der Waals surface area contributed by atoms with Crippen molar-refractivity contribution in [1.29, 1.82) is 0 Å². The van der Waals surface area contributed by atoms with Crippen LogP contribution < -0.4 is 5.73 Å². The first-order valence-electron chi connectivity index (χ1n) is 6.17. The van der Waals surface area contributed by atoms with Gasteiger partial charge in [-0.1, -0.05) is 0 Å². The molecule has 5 nitrogen and oxygen atoms in total. The summed E-state index contributed by atoms with van der Waals surface area (Å²) in [5, 5.41) is 9.83. The van der Waals surface area contributed by atoms with E-state index < -0.39 is 5.60 Å². The van der Waals surface area contributed by atoms with Crippen molar-refractivity contribution in [3.63, 3.8) is 0 Å². The molecule has 1 aliphatic rings. The van der Waals surface area contributed by atoms with E-state index in [4.69, 9.17) is 5.73 Å². The molecule has 1 aromatic heterocycles. The summed E-state index contributed by atoms with van der Waals surface area (Å²) >= 11 is 0. The normalized spacial score (nSPS) is 18.7. The highest BCUT2D eigenvalue weighted by Crippen LogP contribution is 2.21. The van der Waals surface area contributed by atoms with Crippen molar-refractivity contribution in [3.8, 4) is 0 Å². The van der Waals surface area contributed by atoms with E-state index in [1.54, 1.807) is 23.2 Å². The molecule has 1 saturated heterocycles. The van der Waals surface area contributed by atoms with Gasteiger partial charge >= 0.3 is 0 Å². The van der Waals surface area contributed by atoms with Crippen molar-refractivity contribution in [1.82, 2.24) is 9.88 Å². The molecule has 0 spiro atoms. The Balaban J connectivity index is 1.91. The van der Waals surface area contributed by atoms with Gasteiger partial charge in [0.2, 0.25) is 5.91 Å². The van der Waals surface area contributed by atoms with Crippen LogP contribution in [-0.2, 0) is 11.2 Å². The number of aromatic nitrogens is 1. The average Bonchev–Trinajstić information content (AvgIpc) is 2.32. The molecule has 1 fully saturated rings. The zero-order valence-corrected chi connectivity index (χ0v) is 10.6. The van der Waals surface area contributed by atoms with Crippen LogP contribution in [0.1, 0.15) is 25.5 Å². The number of hydrogen-bond donors (Lipinski definition) is 2. The Kier molecular flexibility index (Phi) is 3.52. The quantitative estimate of drug-likeness (QED) is 0.803. The van der Waals surface area contributed by atoms with Crippen LogP contribution in [0.25, 0.3) is 0 Å². The van der Waals surface area contributed by atoms with Gasteiger partial charge in [0, 0.05) is 18.8 Å². The van der Waals surface area contributed by atoms with E-state index in [1.807, 2.05) is 6.92 Å². The zero-order valence-electron chi connectivity index (χ0n) is 10.6. The summed E-state index contributed by atoms with van der Waals surface area (Å²) in [5.74, 6) is 0.0581. The predicted octanol–water partition coefficient (Wildman–Crippen LogP) is 0.580. The number of likely N-dealkylation sites (tertiary alicyclic amines) is 1. The third-order valence-electron chi connectivity index (χ3n) is 3.37. The summed E-state index contributed by atoms with van der Waals surface area (Å²) in [5.41, 5.74) is 6.24. The van der Waals surface area contributed by atoms with Gasteiger partial charge < -0.3 is 15.7 Å². The molecular formula is C13H19N3O2. The monoisotopic (exact) mass is 249 g/mol. The van der Waals surface area contributed by atoms with Crippen LogP contribution >= 0.6 is 0 Å². The second-order valence-electron chi connectivity index (χ2n) is 5.14. The van der Waals surface area contributed by atoms with Gasteiger partial charge in [-0.25, -0.2) is 0 Å². The standard InChI is InChI=1S/C13H19N3O2/c1-13(18)4-6-16(7-5-13)12(17)8-11-3-2-10(14)9-15-11/h2-3,9,18H,4-8,14H2,1H3. The summed E-state index contributed by atoms with van der Waals surface area (Å²) < 4.78 is 0. The first kappa shape index (κ1) is 12.8. The summed E-state index contributed by atoms with van der Waals surface area (Å²) in [6.45, 7) is 3.04. The molecule has 3 N–H and O–H groups in total. The number of aliphatic hydroxyl groups is 1. The molecular weight excluding hydrogens is 230 g/mol. The van der Waals surface area contributed by atoms with Gasteiger partial charge in [-0.15, -0.1) is 0 Å². The lowest BCUT2D eigenvalue weighted by atomic mass is 9.93. The van der Waals surface area contributed by atoms with Gasteiger partial charge in [0.1, 0.15) is 0 Å². The molecule has 1 aliphatic heterocycles. The number of nitrogens with two attached hydrogens (primary N) is 1. The minimum atomic E-state index is -0.629. The van der Waals surface area contributed by atoms with E-state index in [0.717, 1.165) is 5.69 Å². The van der Waals surface area contributed by atoms with E-state index in [2.05, 4.69) is 4.98 Å². The minimum Gasteiger partial charge on any atom is -0.397 e. The van der Waals surface area contributed by atoms with Crippen LogP contribution in [0.5, 0.6) is 0 Å². The summed E-state index contributed by atoms with van der Waals surface area (Å²) in [6.07, 6.45) is 3.12. The Labute approximate surface area is 107 Å². The topological polar surface area (TPSA) is 79.5 Å². The van der Waals surface area contributed by atoms with E-state index >= 15 is 0 Å². The SMILES string of the molecule is CC1(O)CCN(C(=O)Cc2ccc(N)cn2)CC1. The van der Waals surface area contributed by atoms with Crippen molar-refractivity contribution in [2.45, 2.75) is 31.8 Å².